The van der Waals surface area contributed by atoms with Gasteiger partial charge in [-0.3, -0.25) is 0 Å². The zero-order chi connectivity index (χ0) is 38.5. The van der Waals surface area contributed by atoms with Gasteiger partial charge in [0.25, 0.3) is 0 Å². The zero-order valence-electron chi connectivity index (χ0n) is 35.0. The molecule has 1 aliphatic heterocycles. The van der Waals surface area contributed by atoms with E-state index in [1.165, 1.54) is 114 Å². The van der Waals surface area contributed by atoms with Crippen LogP contribution >= 0.6 is 0 Å². The van der Waals surface area contributed by atoms with Crippen LogP contribution in [-0.4, -0.2) is 72.3 Å². The summed E-state index contributed by atoms with van der Waals surface area (Å²) in [6.07, 6.45) is 20.6. The van der Waals surface area contributed by atoms with Gasteiger partial charge in [0, 0.05) is 44.2 Å². The number of hydrogen-bond acceptors (Lipinski definition) is 4. The molecule has 8 N–H and O–H groups in total. The largest absolute Gasteiger partial charge is 0.355 e. The first kappa shape index (κ1) is 41.6. The Morgan fingerprint density at radius 1 is 0.370 bits per heavy atom. The summed E-state index contributed by atoms with van der Waals surface area (Å²) in [7, 11) is 0. The predicted octanol–water partition coefficient (Wildman–Crippen LogP) is 4.81. The fourth-order valence-corrected chi connectivity index (χ4v) is 8.30. The SMILES string of the molecule is CCNCCCCNCCCc1c2[nH]c(c1C)C=c1[nH]c(c(C)c1CC)=Cc1[nH]c(c(C)c1CC)C=c1[nH]c(c(CCCNCCCCNCC)c1C)=C2. The van der Waals surface area contributed by atoms with Gasteiger partial charge in [0.1, 0.15) is 0 Å². The number of H-pyrrole nitrogens is 4. The maximum atomic E-state index is 3.94. The number of rotatable bonds is 22. The van der Waals surface area contributed by atoms with E-state index in [9.17, 15) is 0 Å². The molecule has 0 aliphatic carbocycles. The summed E-state index contributed by atoms with van der Waals surface area (Å²) in [6.45, 7) is 26.6. The lowest BCUT2D eigenvalue weighted by Gasteiger charge is -2.07. The maximum Gasteiger partial charge on any atom is 0.0441 e. The van der Waals surface area contributed by atoms with E-state index in [2.05, 4.69) is 121 Å². The van der Waals surface area contributed by atoms with Crippen molar-refractivity contribution in [3.63, 3.8) is 0 Å². The Balaban J connectivity index is 1.55. The molecule has 4 aromatic rings. The fourth-order valence-electron chi connectivity index (χ4n) is 8.30. The Labute approximate surface area is 325 Å². The van der Waals surface area contributed by atoms with Crippen molar-refractivity contribution in [3.05, 3.63) is 88.7 Å². The van der Waals surface area contributed by atoms with Gasteiger partial charge in [-0.15, -0.1) is 0 Å². The molecule has 0 saturated heterocycles. The predicted molar refractivity (Wildman–Crippen MR) is 232 cm³/mol. The van der Waals surface area contributed by atoms with Crippen LogP contribution in [0.4, 0.5) is 0 Å². The summed E-state index contributed by atoms with van der Waals surface area (Å²) in [6, 6.07) is 0. The van der Waals surface area contributed by atoms with E-state index >= 15 is 0 Å². The van der Waals surface area contributed by atoms with Crippen LogP contribution in [0.15, 0.2) is 0 Å². The zero-order valence-corrected chi connectivity index (χ0v) is 35.0. The standard InChI is InChI=1S/C46H72N8/c1-9-35-31(5)39-27-40-33(7)37(19-17-25-49-23-15-13-21-47-11-3)45(53-40)30-46-38(20-18-26-50-24-16-14-22-48-12-4)34(8)42(54-46)29-44-36(10-2)32(6)41(52-44)28-43(35)51-39/h27-30,47-54H,9-26H2,1-8H3. The van der Waals surface area contributed by atoms with Crippen molar-refractivity contribution >= 4 is 24.3 Å². The Morgan fingerprint density at radius 2 is 0.759 bits per heavy atom. The summed E-state index contributed by atoms with van der Waals surface area (Å²) in [4.78, 5) is 15.6. The highest BCUT2D eigenvalue weighted by Gasteiger charge is 2.16. The third-order valence-corrected chi connectivity index (χ3v) is 11.6. The molecule has 8 heteroatoms. The van der Waals surface area contributed by atoms with Gasteiger partial charge in [0.15, 0.2) is 0 Å². The monoisotopic (exact) mass is 737 g/mol. The van der Waals surface area contributed by atoms with E-state index in [1.54, 1.807) is 0 Å². The van der Waals surface area contributed by atoms with E-state index in [0.717, 1.165) is 90.9 Å². The maximum absolute atomic E-state index is 3.94. The number of unbranched alkanes of at least 4 members (excludes halogenated alkanes) is 2. The van der Waals surface area contributed by atoms with Crippen molar-refractivity contribution in [2.24, 2.45) is 0 Å². The van der Waals surface area contributed by atoms with Crippen LogP contribution in [0, 0.1) is 27.7 Å². The van der Waals surface area contributed by atoms with Crippen LogP contribution < -0.4 is 42.7 Å². The van der Waals surface area contributed by atoms with Crippen molar-refractivity contribution in [3.8, 4) is 0 Å². The number of fused-ring (bicyclic) bond motifs is 8. The lowest BCUT2D eigenvalue weighted by Crippen LogP contribution is -2.20. The molecule has 0 radical (unpaired) electrons. The summed E-state index contributed by atoms with van der Waals surface area (Å²) >= 11 is 0. The van der Waals surface area contributed by atoms with Crippen molar-refractivity contribution in [2.75, 3.05) is 52.4 Å². The van der Waals surface area contributed by atoms with Gasteiger partial charge in [0.2, 0.25) is 0 Å². The molecule has 296 valence electrons. The van der Waals surface area contributed by atoms with Crippen LogP contribution in [0.25, 0.3) is 24.3 Å². The molecular formula is C46H72N8. The smallest absolute Gasteiger partial charge is 0.0441 e. The Kier molecular flexibility index (Phi) is 16.1. The van der Waals surface area contributed by atoms with Crippen LogP contribution in [0.2, 0.25) is 0 Å². The molecule has 8 nitrogen and oxygen atoms in total. The molecule has 0 aromatic carbocycles. The van der Waals surface area contributed by atoms with E-state index in [1.807, 2.05) is 0 Å². The van der Waals surface area contributed by atoms with Crippen LogP contribution in [0.1, 0.15) is 134 Å². The molecule has 54 heavy (non-hydrogen) atoms. The van der Waals surface area contributed by atoms with Crippen molar-refractivity contribution in [2.45, 2.75) is 120 Å². The molecule has 5 heterocycles. The molecule has 0 atom stereocenters. The Hall–Kier alpha value is -3.56. The average molecular weight is 737 g/mol. The van der Waals surface area contributed by atoms with Gasteiger partial charge >= 0.3 is 0 Å². The highest BCUT2D eigenvalue weighted by atomic mass is 14.9. The number of aromatic nitrogens is 4. The molecule has 4 aromatic heterocycles. The van der Waals surface area contributed by atoms with E-state index in [0.29, 0.717) is 0 Å². The van der Waals surface area contributed by atoms with Gasteiger partial charge in [0.05, 0.1) is 0 Å². The first-order valence-corrected chi connectivity index (χ1v) is 21.4. The van der Waals surface area contributed by atoms with Gasteiger partial charge in [-0.2, -0.15) is 0 Å². The highest BCUT2D eigenvalue weighted by molar-refractivity contribution is 5.65. The van der Waals surface area contributed by atoms with Crippen LogP contribution in [0.5, 0.6) is 0 Å². The quantitative estimate of drug-likeness (QED) is 0.0488. The molecular weight excluding hydrogens is 665 g/mol. The minimum Gasteiger partial charge on any atom is -0.355 e. The molecule has 8 bridgehead atoms. The first-order valence-electron chi connectivity index (χ1n) is 21.4. The second-order valence-corrected chi connectivity index (χ2v) is 15.3. The average Bonchev–Trinajstić information content (AvgIpc) is 3.83. The Morgan fingerprint density at radius 3 is 1.30 bits per heavy atom. The number of aromatic amines is 4. The topological polar surface area (TPSA) is 111 Å². The van der Waals surface area contributed by atoms with E-state index in [4.69, 9.17) is 0 Å². The van der Waals surface area contributed by atoms with Crippen molar-refractivity contribution in [1.82, 2.24) is 41.2 Å². The molecule has 0 amide bonds. The van der Waals surface area contributed by atoms with Gasteiger partial charge in [-0.05, 0) is 213 Å². The van der Waals surface area contributed by atoms with E-state index < -0.39 is 0 Å². The fraction of sp³-hybridized carbons (Fsp3) is 0.565. The van der Waals surface area contributed by atoms with E-state index in [-0.39, 0.29) is 0 Å². The van der Waals surface area contributed by atoms with Crippen LogP contribution in [0.3, 0.4) is 0 Å². The summed E-state index contributed by atoms with van der Waals surface area (Å²) < 4.78 is 0. The highest BCUT2D eigenvalue weighted by Crippen LogP contribution is 2.23. The lowest BCUT2D eigenvalue weighted by atomic mass is 10.0. The molecule has 1 aliphatic rings. The number of nitrogens with one attached hydrogen (secondary N) is 8. The second kappa shape index (κ2) is 20.9. The first-order chi connectivity index (χ1) is 26.3. The second-order valence-electron chi connectivity index (χ2n) is 15.3. The summed E-state index contributed by atoms with van der Waals surface area (Å²) in [5.41, 5.74) is 15.8. The third kappa shape index (κ3) is 10.4. The molecule has 0 unspecified atom stereocenters. The van der Waals surface area contributed by atoms with Crippen LogP contribution in [-0.2, 0) is 25.7 Å². The molecule has 0 saturated carbocycles. The minimum atomic E-state index is 0.982. The van der Waals surface area contributed by atoms with Gasteiger partial charge in [-0.25, -0.2) is 0 Å². The van der Waals surface area contributed by atoms with Gasteiger partial charge in [-0.1, -0.05) is 27.7 Å². The summed E-state index contributed by atoms with van der Waals surface area (Å²) in [5.74, 6) is 0. The van der Waals surface area contributed by atoms with Crippen molar-refractivity contribution < 1.29 is 0 Å². The van der Waals surface area contributed by atoms with Gasteiger partial charge < -0.3 is 41.2 Å². The summed E-state index contributed by atoms with van der Waals surface area (Å²) in [5, 5.41) is 19.1. The molecule has 5 rings (SSSR count). The molecule has 0 spiro atoms. The molecule has 0 fully saturated rings. The van der Waals surface area contributed by atoms with Crippen molar-refractivity contribution in [1.29, 1.82) is 0 Å². The third-order valence-electron chi connectivity index (χ3n) is 11.6. The minimum absolute atomic E-state index is 0.982. The lowest BCUT2D eigenvalue weighted by molar-refractivity contribution is 0.580. The number of hydrogen-bond donors (Lipinski definition) is 8. The normalized spacial score (nSPS) is 12.4. The Bertz CT molecular complexity index is 2030.